The molecule has 80 heavy (non-hydrogen) atoms. The Labute approximate surface area is 498 Å². The molecular formula is C74H136O6. The molecule has 468 valence electrons. The first-order valence-corrected chi connectivity index (χ1v) is 35.6. The maximum Gasteiger partial charge on any atom is 0.306 e. The Balaban J connectivity index is 4.04. The number of allylic oxidation sites excluding steroid dienone is 8. The first-order valence-electron chi connectivity index (χ1n) is 35.6. The van der Waals surface area contributed by atoms with Crippen LogP contribution in [0.4, 0.5) is 0 Å². The summed E-state index contributed by atoms with van der Waals surface area (Å²) in [7, 11) is 0. The fourth-order valence-corrected chi connectivity index (χ4v) is 10.8. The Bertz CT molecular complexity index is 1380. The zero-order chi connectivity index (χ0) is 57.8. The first kappa shape index (κ1) is 77.4. The average Bonchev–Trinajstić information content (AvgIpc) is 3.46. The largest absolute Gasteiger partial charge is 0.462 e. The van der Waals surface area contributed by atoms with Gasteiger partial charge in [-0.1, -0.05) is 339 Å². The van der Waals surface area contributed by atoms with Crippen molar-refractivity contribution in [2.75, 3.05) is 13.2 Å². The predicted molar refractivity (Wildman–Crippen MR) is 349 cm³/mol. The van der Waals surface area contributed by atoms with E-state index in [4.69, 9.17) is 14.2 Å². The van der Waals surface area contributed by atoms with Crippen LogP contribution in [-0.2, 0) is 28.6 Å². The molecule has 0 aromatic rings. The van der Waals surface area contributed by atoms with E-state index in [1.807, 2.05) is 0 Å². The smallest absolute Gasteiger partial charge is 0.306 e. The standard InChI is InChI=1S/C74H136O6/c1-4-7-10-13-16-19-22-25-27-28-29-30-31-32-33-34-35-36-37-38-39-40-41-42-43-44-45-46-47-50-52-55-58-61-64-67-73(76)79-70-71(69-78-72(75)66-63-60-57-54-51-48-24-21-18-15-12-9-6-3)80-74(77)68-65-62-59-56-53-49-26-23-20-17-14-11-8-5-2/h9,12,18,21,28-29,48,51,71H,4-8,10-11,13-17,19-20,22-27,30-47,49-50,52-70H2,1-3H3/b12-9-,21-18-,29-28-,51-48-. The summed E-state index contributed by atoms with van der Waals surface area (Å²) < 4.78 is 16.9. The van der Waals surface area contributed by atoms with Gasteiger partial charge in [-0.05, 0) is 77.0 Å². The average molecular weight is 1120 g/mol. The molecule has 0 rings (SSSR count). The van der Waals surface area contributed by atoms with E-state index in [9.17, 15) is 14.4 Å². The van der Waals surface area contributed by atoms with Gasteiger partial charge in [0.05, 0.1) is 0 Å². The highest BCUT2D eigenvalue weighted by molar-refractivity contribution is 5.71. The molecule has 0 aromatic carbocycles. The number of rotatable bonds is 66. The lowest BCUT2D eigenvalue weighted by atomic mass is 10.0. The predicted octanol–water partition coefficient (Wildman–Crippen LogP) is 24.5. The van der Waals surface area contributed by atoms with Gasteiger partial charge in [0.15, 0.2) is 6.10 Å². The van der Waals surface area contributed by atoms with Crippen LogP contribution < -0.4 is 0 Å². The van der Waals surface area contributed by atoms with E-state index < -0.39 is 6.10 Å². The van der Waals surface area contributed by atoms with Crippen molar-refractivity contribution in [2.24, 2.45) is 0 Å². The van der Waals surface area contributed by atoms with Crippen molar-refractivity contribution in [1.82, 2.24) is 0 Å². The van der Waals surface area contributed by atoms with Gasteiger partial charge in [0.2, 0.25) is 0 Å². The first-order chi connectivity index (χ1) is 39.5. The molecule has 0 aliphatic heterocycles. The Morgan fingerprint density at radius 2 is 0.487 bits per heavy atom. The summed E-state index contributed by atoms with van der Waals surface area (Å²) >= 11 is 0. The van der Waals surface area contributed by atoms with E-state index in [1.54, 1.807) is 0 Å². The molecule has 0 N–H and O–H groups in total. The lowest BCUT2D eigenvalue weighted by Crippen LogP contribution is -2.30. The number of hydrogen-bond donors (Lipinski definition) is 0. The van der Waals surface area contributed by atoms with Crippen LogP contribution in [0.5, 0.6) is 0 Å². The fraction of sp³-hybridized carbons (Fsp3) is 0.851. The van der Waals surface area contributed by atoms with E-state index in [0.717, 1.165) is 83.5 Å². The van der Waals surface area contributed by atoms with E-state index in [1.165, 1.54) is 263 Å². The highest BCUT2D eigenvalue weighted by Gasteiger charge is 2.19. The summed E-state index contributed by atoms with van der Waals surface area (Å²) in [5.74, 6) is -0.885. The van der Waals surface area contributed by atoms with Crippen LogP contribution in [0.25, 0.3) is 0 Å². The van der Waals surface area contributed by atoms with Crippen molar-refractivity contribution in [2.45, 2.75) is 393 Å². The zero-order valence-corrected chi connectivity index (χ0v) is 53.9. The van der Waals surface area contributed by atoms with Crippen LogP contribution >= 0.6 is 0 Å². The molecule has 0 saturated carbocycles. The van der Waals surface area contributed by atoms with Gasteiger partial charge in [-0.25, -0.2) is 0 Å². The molecule has 0 fully saturated rings. The molecule has 1 unspecified atom stereocenters. The van der Waals surface area contributed by atoms with Gasteiger partial charge < -0.3 is 14.2 Å². The third-order valence-corrected chi connectivity index (χ3v) is 16.1. The number of esters is 3. The van der Waals surface area contributed by atoms with Crippen LogP contribution in [0.1, 0.15) is 387 Å². The number of carbonyl (C=O) groups excluding carboxylic acids is 3. The van der Waals surface area contributed by atoms with Gasteiger partial charge in [-0.2, -0.15) is 0 Å². The molecule has 6 heteroatoms. The van der Waals surface area contributed by atoms with E-state index in [2.05, 4.69) is 69.4 Å². The van der Waals surface area contributed by atoms with Crippen molar-refractivity contribution in [3.63, 3.8) is 0 Å². The Morgan fingerprint density at radius 3 is 0.787 bits per heavy atom. The summed E-state index contributed by atoms with van der Waals surface area (Å²) in [5, 5.41) is 0. The van der Waals surface area contributed by atoms with Crippen LogP contribution in [0, 0.1) is 0 Å². The third-order valence-electron chi connectivity index (χ3n) is 16.1. The number of carbonyl (C=O) groups is 3. The zero-order valence-electron chi connectivity index (χ0n) is 53.9. The Kier molecular flexibility index (Phi) is 66.6. The van der Waals surface area contributed by atoms with Crippen LogP contribution in [0.3, 0.4) is 0 Å². The summed E-state index contributed by atoms with van der Waals surface area (Å²) in [6, 6.07) is 0. The Hall–Kier alpha value is -2.63. The lowest BCUT2D eigenvalue weighted by molar-refractivity contribution is -0.167. The monoisotopic (exact) mass is 1120 g/mol. The van der Waals surface area contributed by atoms with Crippen molar-refractivity contribution < 1.29 is 28.6 Å². The van der Waals surface area contributed by atoms with Crippen LogP contribution in [0.15, 0.2) is 48.6 Å². The molecule has 0 radical (unpaired) electrons. The molecular weight excluding hydrogens is 985 g/mol. The minimum Gasteiger partial charge on any atom is -0.462 e. The second-order valence-corrected chi connectivity index (χ2v) is 24.1. The molecule has 0 aliphatic carbocycles. The van der Waals surface area contributed by atoms with Crippen LogP contribution in [0.2, 0.25) is 0 Å². The molecule has 0 amide bonds. The summed E-state index contributed by atoms with van der Waals surface area (Å²) in [6.07, 6.45) is 87.5. The van der Waals surface area contributed by atoms with Gasteiger partial charge in [0.1, 0.15) is 13.2 Å². The molecule has 1 atom stereocenters. The van der Waals surface area contributed by atoms with E-state index in [0.29, 0.717) is 19.3 Å². The van der Waals surface area contributed by atoms with Gasteiger partial charge in [-0.15, -0.1) is 0 Å². The minimum atomic E-state index is -0.782. The number of ether oxygens (including phenoxy) is 3. The van der Waals surface area contributed by atoms with Crippen molar-refractivity contribution >= 4 is 17.9 Å². The summed E-state index contributed by atoms with van der Waals surface area (Å²) in [4.78, 5) is 38.3. The molecule has 0 aliphatic rings. The number of hydrogen-bond acceptors (Lipinski definition) is 6. The SMILES string of the molecule is CC/C=C\C/C=C\C/C=C\CCCCCC(=O)OCC(COC(=O)CCCCCCCCCCCCCCCCCCCCCCCCC/C=C\CCCCCCCCCC)OC(=O)CCCCCCCCCCCCCCCC. The molecule has 0 bridgehead atoms. The number of unbranched alkanes of at least 4 members (excludes halogenated alkanes) is 47. The minimum absolute atomic E-state index is 0.0773. The van der Waals surface area contributed by atoms with Gasteiger partial charge in [0, 0.05) is 19.3 Å². The molecule has 0 aromatic heterocycles. The van der Waals surface area contributed by atoms with E-state index >= 15 is 0 Å². The fourth-order valence-electron chi connectivity index (χ4n) is 10.8. The van der Waals surface area contributed by atoms with Crippen molar-refractivity contribution in [3.8, 4) is 0 Å². The van der Waals surface area contributed by atoms with Crippen LogP contribution in [-0.4, -0.2) is 37.2 Å². The lowest BCUT2D eigenvalue weighted by Gasteiger charge is -2.18. The highest BCUT2D eigenvalue weighted by atomic mass is 16.6. The topological polar surface area (TPSA) is 78.9 Å². The van der Waals surface area contributed by atoms with Gasteiger partial charge in [-0.3, -0.25) is 14.4 Å². The summed E-state index contributed by atoms with van der Waals surface area (Å²) in [6.45, 7) is 6.56. The normalized spacial score (nSPS) is 12.3. The molecule has 0 spiro atoms. The molecule has 0 heterocycles. The van der Waals surface area contributed by atoms with E-state index in [-0.39, 0.29) is 31.1 Å². The van der Waals surface area contributed by atoms with Crippen molar-refractivity contribution in [3.05, 3.63) is 48.6 Å². The quantitative estimate of drug-likeness (QED) is 0.0261. The van der Waals surface area contributed by atoms with Gasteiger partial charge >= 0.3 is 17.9 Å². The third kappa shape index (κ3) is 66.2. The second kappa shape index (κ2) is 68.9. The maximum absolute atomic E-state index is 12.9. The molecule has 0 saturated heterocycles. The highest BCUT2D eigenvalue weighted by Crippen LogP contribution is 2.19. The maximum atomic E-state index is 12.9. The summed E-state index contributed by atoms with van der Waals surface area (Å²) in [5.41, 5.74) is 0. The Morgan fingerprint density at radius 1 is 0.263 bits per heavy atom. The second-order valence-electron chi connectivity index (χ2n) is 24.1. The molecule has 6 nitrogen and oxygen atoms in total. The van der Waals surface area contributed by atoms with Gasteiger partial charge in [0.25, 0.3) is 0 Å². The van der Waals surface area contributed by atoms with Crippen molar-refractivity contribution in [1.29, 1.82) is 0 Å².